The van der Waals surface area contributed by atoms with Gasteiger partial charge < -0.3 is 19.5 Å². The van der Waals surface area contributed by atoms with Crippen molar-refractivity contribution in [2.75, 3.05) is 18.6 Å². The van der Waals surface area contributed by atoms with Crippen LogP contribution >= 0.6 is 0 Å². The second kappa shape index (κ2) is 9.43. The van der Waals surface area contributed by atoms with E-state index in [1.54, 1.807) is 12.1 Å². The Morgan fingerprint density at radius 2 is 1.88 bits per heavy atom. The van der Waals surface area contributed by atoms with Crippen LogP contribution in [0.1, 0.15) is 34.0 Å². The summed E-state index contributed by atoms with van der Waals surface area (Å²) in [7, 11) is 1.47. The van der Waals surface area contributed by atoms with Crippen molar-refractivity contribution in [2.45, 2.75) is 20.0 Å². The molecule has 0 fully saturated rings. The number of carbonyl (C=O) groups is 1. The van der Waals surface area contributed by atoms with Gasteiger partial charge >= 0.3 is 0 Å². The first kappa shape index (κ1) is 21.2. The van der Waals surface area contributed by atoms with E-state index in [2.05, 4.69) is 27.6 Å². The molecule has 4 rings (SSSR count). The molecule has 164 valence electrons. The van der Waals surface area contributed by atoms with Crippen LogP contribution < -0.4 is 19.8 Å². The number of rotatable bonds is 7. The minimum atomic E-state index is -0.283. The summed E-state index contributed by atoms with van der Waals surface area (Å²) >= 11 is 0. The normalized spacial score (nSPS) is 12.6. The third-order valence-corrected chi connectivity index (χ3v) is 5.29. The molecular weight excluding hydrogens is 406 g/mol. The van der Waals surface area contributed by atoms with Crippen molar-refractivity contribution in [3.63, 3.8) is 0 Å². The van der Waals surface area contributed by atoms with Gasteiger partial charge in [0.1, 0.15) is 5.75 Å². The molecular formula is C25H25N3O4. The zero-order valence-electron chi connectivity index (χ0n) is 18.0. The number of hydrazone groups is 1. The number of anilines is 1. The fourth-order valence-electron chi connectivity index (χ4n) is 3.64. The largest absolute Gasteiger partial charge is 0.504 e. The van der Waals surface area contributed by atoms with Crippen LogP contribution in [0.3, 0.4) is 0 Å². The van der Waals surface area contributed by atoms with E-state index in [-0.39, 0.29) is 11.7 Å². The second-order valence-electron chi connectivity index (χ2n) is 7.40. The Balaban J connectivity index is 1.39. The molecule has 0 saturated heterocycles. The summed E-state index contributed by atoms with van der Waals surface area (Å²) in [5, 5.41) is 13.7. The van der Waals surface area contributed by atoms with Crippen LogP contribution in [0.15, 0.2) is 65.8 Å². The third-order valence-electron chi connectivity index (χ3n) is 5.29. The van der Waals surface area contributed by atoms with Gasteiger partial charge in [-0.1, -0.05) is 6.07 Å². The SMILES string of the molecule is CCOc1ccc(N2Cc3ccc(C(=O)N/N=C\c4ccc(O)c(OC)c4)cc3C2)cc1. The quantitative estimate of drug-likeness (QED) is 0.435. The van der Waals surface area contributed by atoms with Gasteiger partial charge in [-0.15, -0.1) is 0 Å². The lowest BCUT2D eigenvalue weighted by Gasteiger charge is -2.18. The zero-order chi connectivity index (χ0) is 22.5. The van der Waals surface area contributed by atoms with Crippen LogP contribution in [-0.2, 0) is 13.1 Å². The molecule has 7 nitrogen and oxygen atoms in total. The highest BCUT2D eigenvalue weighted by molar-refractivity contribution is 5.95. The van der Waals surface area contributed by atoms with Crippen LogP contribution in [0.2, 0.25) is 0 Å². The molecule has 0 aromatic heterocycles. The predicted molar refractivity (Wildman–Crippen MR) is 124 cm³/mol. The van der Waals surface area contributed by atoms with Crippen LogP contribution in [0.25, 0.3) is 0 Å². The Labute approximate surface area is 186 Å². The molecule has 0 bridgehead atoms. The Morgan fingerprint density at radius 3 is 2.62 bits per heavy atom. The second-order valence-corrected chi connectivity index (χ2v) is 7.40. The molecule has 0 saturated carbocycles. The highest BCUT2D eigenvalue weighted by atomic mass is 16.5. The molecule has 1 aliphatic rings. The lowest BCUT2D eigenvalue weighted by Crippen LogP contribution is -2.18. The van der Waals surface area contributed by atoms with Gasteiger partial charge in [0.15, 0.2) is 11.5 Å². The number of phenolic OH excluding ortho intramolecular Hbond substituents is 1. The summed E-state index contributed by atoms with van der Waals surface area (Å²) in [4.78, 5) is 14.8. The van der Waals surface area contributed by atoms with E-state index in [0.29, 0.717) is 23.5 Å². The number of ether oxygens (including phenoxy) is 2. The summed E-state index contributed by atoms with van der Waals surface area (Å²) in [6, 6.07) is 18.6. The van der Waals surface area contributed by atoms with Crippen molar-refractivity contribution < 1.29 is 19.4 Å². The fourth-order valence-corrected chi connectivity index (χ4v) is 3.64. The van der Waals surface area contributed by atoms with Gasteiger partial charge in [0.25, 0.3) is 5.91 Å². The first-order valence-corrected chi connectivity index (χ1v) is 10.4. The number of fused-ring (bicyclic) bond motifs is 1. The summed E-state index contributed by atoms with van der Waals surface area (Å²) in [6.45, 7) is 4.15. The molecule has 3 aromatic rings. The standard InChI is InChI=1S/C25H25N3O4/c1-3-32-22-9-7-21(8-10-22)28-15-19-6-5-18(13-20(19)16-28)25(30)27-26-14-17-4-11-23(29)24(12-17)31-2/h4-14,29H,3,15-16H2,1-2H3,(H,27,30)/b26-14-. The monoisotopic (exact) mass is 431 g/mol. The molecule has 1 aliphatic heterocycles. The van der Waals surface area contributed by atoms with Crippen molar-refractivity contribution in [3.05, 3.63) is 82.9 Å². The maximum Gasteiger partial charge on any atom is 0.271 e. The Morgan fingerprint density at radius 1 is 1.09 bits per heavy atom. The number of nitrogens with zero attached hydrogens (tertiary/aromatic N) is 2. The van der Waals surface area contributed by atoms with Crippen molar-refractivity contribution in [1.82, 2.24) is 5.43 Å². The Bertz CT molecular complexity index is 1140. The lowest BCUT2D eigenvalue weighted by molar-refractivity contribution is 0.0955. The van der Waals surface area contributed by atoms with Gasteiger partial charge in [-0.3, -0.25) is 4.79 Å². The summed E-state index contributed by atoms with van der Waals surface area (Å²) in [5.74, 6) is 0.967. The van der Waals surface area contributed by atoms with Gasteiger partial charge in [-0.25, -0.2) is 5.43 Å². The van der Waals surface area contributed by atoms with Crippen LogP contribution in [-0.4, -0.2) is 30.9 Å². The molecule has 0 unspecified atom stereocenters. The van der Waals surface area contributed by atoms with Gasteiger partial charge in [-0.05, 0) is 78.2 Å². The van der Waals surface area contributed by atoms with E-state index < -0.39 is 0 Å². The predicted octanol–water partition coefficient (Wildman–Crippen LogP) is 4.08. The van der Waals surface area contributed by atoms with Gasteiger partial charge in [0.05, 0.1) is 19.9 Å². The van der Waals surface area contributed by atoms with Crippen LogP contribution in [0, 0.1) is 0 Å². The number of amides is 1. The third kappa shape index (κ3) is 4.67. The Kier molecular flexibility index (Phi) is 6.26. The summed E-state index contributed by atoms with van der Waals surface area (Å²) < 4.78 is 10.6. The van der Waals surface area contributed by atoms with Gasteiger partial charge in [0, 0.05) is 24.3 Å². The average Bonchev–Trinajstić information content (AvgIpc) is 3.24. The number of phenols is 1. The van der Waals surface area contributed by atoms with E-state index in [1.807, 2.05) is 37.3 Å². The number of methoxy groups -OCH3 is 1. The molecule has 0 radical (unpaired) electrons. The highest BCUT2D eigenvalue weighted by Crippen LogP contribution is 2.30. The van der Waals surface area contributed by atoms with E-state index in [1.165, 1.54) is 25.0 Å². The maximum absolute atomic E-state index is 12.5. The minimum Gasteiger partial charge on any atom is -0.504 e. The number of nitrogens with one attached hydrogen (secondary N) is 1. The smallest absolute Gasteiger partial charge is 0.271 e. The molecule has 1 heterocycles. The fraction of sp³-hybridized carbons (Fsp3) is 0.200. The summed E-state index contributed by atoms with van der Waals surface area (Å²) in [5.41, 5.74) is 7.24. The molecule has 2 N–H and O–H groups in total. The Hall–Kier alpha value is -4.00. The average molecular weight is 431 g/mol. The van der Waals surface area contributed by atoms with Crippen molar-refractivity contribution in [2.24, 2.45) is 5.10 Å². The first-order valence-electron chi connectivity index (χ1n) is 10.4. The van der Waals surface area contributed by atoms with E-state index in [4.69, 9.17) is 9.47 Å². The minimum absolute atomic E-state index is 0.0473. The summed E-state index contributed by atoms with van der Waals surface area (Å²) in [6.07, 6.45) is 1.50. The van der Waals surface area contributed by atoms with Gasteiger partial charge in [-0.2, -0.15) is 5.10 Å². The number of aromatic hydroxyl groups is 1. The molecule has 0 aliphatic carbocycles. The van der Waals surface area contributed by atoms with E-state index in [9.17, 15) is 9.90 Å². The molecule has 7 heteroatoms. The molecule has 1 amide bonds. The molecule has 32 heavy (non-hydrogen) atoms. The first-order chi connectivity index (χ1) is 15.6. The number of hydrogen-bond donors (Lipinski definition) is 2. The lowest BCUT2D eigenvalue weighted by atomic mass is 10.1. The van der Waals surface area contributed by atoms with Crippen LogP contribution in [0.4, 0.5) is 5.69 Å². The molecule has 0 atom stereocenters. The topological polar surface area (TPSA) is 83.4 Å². The van der Waals surface area contributed by atoms with Crippen molar-refractivity contribution in [3.8, 4) is 17.2 Å². The van der Waals surface area contributed by atoms with E-state index in [0.717, 1.165) is 30.1 Å². The van der Waals surface area contributed by atoms with Gasteiger partial charge in [0.2, 0.25) is 0 Å². The maximum atomic E-state index is 12.5. The number of benzene rings is 3. The van der Waals surface area contributed by atoms with Crippen molar-refractivity contribution >= 4 is 17.8 Å². The number of hydrogen-bond acceptors (Lipinski definition) is 6. The van der Waals surface area contributed by atoms with Crippen molar-refractivity contribution in [1.29, 1.82) is 0 Å². The molecule has 0 spiro atoms. The zero-order valence-corrected chi connectivity index (χ0v) is 18.0. The van der Waals surface area contributed by atoms with E-state index >= 15 is 0 Å². The number of carbonyl (C=O) groups excluding carboxylic acids is 1. The van der Waals surface area contributed by atoms with Crippen LogP contribution in [0.5, 0.6) is 17.2 Å². The highest BCUT2D eigenvalue weighted by Gasteiger charge is 2.20. The molecule has 3 aromatic carbocycles.